The van der Waals surface area contributed by atoms with Crippen LogP contribution in [0.15, 0.2) is 47.3 Å². The van der Waals surface area contributed by atoms with Gasteiger partial charge in [-0.15, -0.1) is 0 Å². The van der Waals surface area contributed by atoms with Crippen LogP contribution in [-0.4, -0.2) is 22.5 Å². The molecule has 0 saturated heterocycles. The van der Waals surface area contributed by atoms with Gasteiger partial charge in [0.05, 0.1) is 23.4 Å². The van der Waals surface area contributed by atoms with Crippen LogP contribution in [0, 0.1) is 5.92 Å². The molecule has 0 spiro atoms. The summed E-state index contributed by atoms with van der Waals surface area (Å²) in [4.78, 5) is 31.5. The molecule has 0 aliphatic heterocycles. The number of H-pyrrole nitrogens is 1. The maximum Gasteiger partial charge on any atom is 0.314 e. The fraction of sp³-hybridized carbons (Fsp3) is 0.250. The van der Waals surface area contributed by atoms with Crippen molar-refractivity contribution >= 4 is 16.9 Å². The molecule has 1 fully saturated rings. The number of esters is 1. The molecule has 1 aromatic heterocycles. The molecule has 132 valence electrons. The van der Waals surface area contributed by atoms with Gasteiger partial charge in [-0.25, -0.2) is 4.98 Å². The van der Waals surface area contributed by atoms with E-state index in [0.717, 1.165) is 12.8 Å². The van der Waals surface area contributed by atoms with Crippen LogP contribution in [-0.2, 0) is 4.79 Å². The van der Waals surface area contributed by atoms with Gasteiger partial charge >= 0.3 is 5.97 Å². The van der Waals surface area contributed by atoms with Crippen molar-refractivity contribution in [2.24, 2.45) is 5.92 Å². The first-order valence-electron chi connectivity index (χ1n) is 8.63. The number of hydrogen-bond donors (Lipinski definition) is 1. The number of nitrogens with one attached hydrogen (secondary N) is 1. The zero-order valence-corrected chi connectivity index (χ0v) is 14.3. The van der Waals surface area contributed by atoms with Crippen molar-refractivity contribution in [1.29, 1.82) is 0 Å². The monoisotopic (exact) mass is 350 g/mol. The van der Waals surface area contributed by atoms with E-state index in [0.29, 0.717) is 40.4 Å². The third-order valence-electron chi connectivity index (χ3n) is 4.25. The first kappa shape index (κ1) is 16.3. The second-order valence-corrected chi connectivity index (χ2v) is 6.22. The van der Waals surface area contributed by atoms with Gasteiger partial charge in [0.1, 0.15) is 5.82 Å². The van der Waals surface area contributed by atoms with Gasteiger partial charge in [-0.3, -0.25) is 9.59 Å². The molecule has 1 heterocycles. The van der Waals surface area contributed by atoms with Crippen LogP contribution in [0.25, 0.3) is 22.3 Å². The number of aromatic nitrogens is 2. The summed E-state index contributed by atoms with van der Waals surface area (Å²) in [6, 6.07) is 12.3. The highest BCUT2D eigenvalue weighted by Crippen LogP contribution is 2.35. The van der Waals surface area contributed by atoms with Crippen molar-refractivity contribution < 1.29 is 14.3 Å². The lowest BCUT2D eigenvalue weighted by Gasteiger charge is -2.12. The van der Waals surface area contributed by atoms with Crippen molar-refractivity contribution in [3.8, 4) is 22.9 Å². The number of ether oxygens (including phenoxy) is 2. The molecular weight excluding hydrogens is 332 g/mol. The van der Waals surface area contributed by atoms with Crippen molar-refractivity contribution in [2.45, 2.75) is 19.8 Å². The summed E-state index contributed by atoms with van der Waals surface area (Å²) in [5, 5.41) is 0.538. The van der Waals surface area contributed by atoms with E-state index in [1.165, 1.54) is 0 Å². The lowest BCUT2D eigenvalue weighted by atomic mass is 10.1. The minimum Gasteiger partial charge on any atom is -0.490 e. The molecule has 6 heteroatoms. The lowest BCUT2D eigenvalue weighted by Crippen LogP contribution is -2.11. The molecule has 0 bridgehead atoms. The summed E-state index contributed by atoms with van der Waals surface area (Å²) in [5.41, 5.74) is 1.10. The molecule has 1 N–H and O–H groups in total. The molecule has 4 rings (SSSR count). The van der Waals surface area contributed by atoms with Crippen LogP contribution < -0.4 is 15.0 Å². The van der Waals surface area contributed by atoms with Gasteiger partial charge in [-0.1, -0.05) is 12.1 Å². The summed E-state index contributed by atoms with van der Waals surface area (Å²) in [6.07, 6.45) is 1.76. The highest BCUT2D eigenvalue weighted by molar-refractivity contribution is 5.80. The van der Waals surface area contributed by atoms with Crippen LogP contribution in [0.5, 0.6) is 11.5 Å². The quantitative estimate of drug-likeness (QED) is 0.564. The third kappa shape index (κ3) is 3.18. The van der Waals surface area contributed by atoms with Gasteiger partial charge in [0, 0.05) is 5.56 Å². The Hall–Kier alpha value is -3.15. The van der Waals surface area contributed by atoms with Gasteiger partial charge in [-0.05, 0) is 50.1 Å². The fourth-order valence-electron chi connectivity index (χ4n) is 2.74. The average molecular weight is 350 g/mol. The highest BCUT2D eigenvalue weighted by atomic mass is 16.6. The maximum absolute atomic E-state index is 12.3. The van der Waals surface area contributed by atoms with E-state index in [-0.39, 0.29) is 17.4 Å². The number of hydrogen-bond acceptors (Lipinski definition) is 5. The lowest BCUT2D eigenvalue weighted by molar-refractivity contribution is -0.135. The average Bonchev–Trinajstić information content (AvgIpc) is 3.48. The second kappa shape index (κ2) is 6.63. The Morgan fingerprint density at radius 2 is 2.00 bits per heavy atom. The minimum atomic E-state index is -0.226. The molecule has 0 unspecified atom stereocenters. The smallest absolute Gasteiger partial charge is 0.314 e. The van der Waals surface area contributed by atoms with Gasteiger partial charge in [0.15, 0.2) is 11.5 Å². The summed E-state index contributed by atoms with van der Waals surface area (Å²) in [5.74, 6) is 1.05. The first-order valence-corrected chi connectivity index (χ1v) is 8.63. The van der Waals surface area contributed by atoms with Gasteiger partial charge < -0.3 is 14.5 Å². The number of benzene rings is 2. The van der Waals surface area contributed by atoms with Crippen molar-refractivity contribution in [1.82, 2.24) is 9.97 Å². The van der Waals surface area contributed by atoms with E-state index in [9.17, 15) is 9.59 Å². The van der Waals surface area contributed by atoms with E-state index < -0.39 is 0 Å². The van der Waals surface area contributed by atoms with Crippen molar-refractivity contribution in [3.05, 3.63) is 52.8 Å². The number of carbonyl (C=O) groups excluding carboxylic acids is 1. The topological polar surface area (TPSA) is 81.3 Å². The Labute approximate surface area is 149 Å². The zero-order chi connectivity index (χ0) is 18.1. The predicted octanol–water partition coefficient (Wildman–Crippen LogP) is 3.30. The summed E-state index contributed by atoms with van der Waals surface area (Å²) in [6.45, 7) is 2.29. The first-order chi connectivity index (χ1) is 12.7. The van der Waals surface area contributed by atoms with Crippen LogP contribution in [0.2, 0.25) is 0 Å². The largest absolute Gasteiger partial charge is 0.490 e. The molecule has 2 aromatic carbocycles. The van der Waals surface area contributed by atoms with E-state index in [1.54, 1.807) is 36.4 Å². The molecule has 0 atom stereocenters. The SMILES string of the molecule is CCOc1cc(-c2nc3ccccc3c(=O)[nH]2)ccc1OC(=O)C1CC1. The second-order valence-electron chi connectivity index (χ2n) is 6.22. The number of fused-ring (bicyclic) bond motifs is 1. The third-order valence-corrected chi connectivity index (χ3v) is 4.25. The van der Waals surface area contributed by atoms with E-state index in [2.05, 4.69) is 9.97 Å². The van der Waals surface area contributed by atoms with E-state index >= 15 is 0 Å². The summed E-state index contributed by atoms with van der Waals surface area (Å²) in [7, 11) is 0. The summed E-state index contributed by atoms with van der Waals surface area (Å²) < 4.78 is 11.1. The number of aromatic amines is 1. The van der Waals surface area contributed by atoms with E-state index in [1.807, 2.05) is 13.0 Å². The molecule has 1 aliphatic carbocycles. The number of carbonyl (C=O) groups is 1. The normalized spacial score (nSPS) is 13.6. The van der Waals surface area contributed by atoms with Gasteiger partial charge in [-0.2, -0.15) is 0 Å². The van der Waals surface area contributed by atoms with Gasteiger partial charge in [0.2, 0.25) is 0 Å². The van der Waals surface area contributed by atoms with Crippen molar-refractivity contribution in [3.63, 3.8) is 0 Å². The number of para-hydroxylation sites is 1. The predicted molar refractivity (Wildman–Crippen MR) is 97.3 cm³/mol. The van der Waals surface area contributed by atoms with Crippen LogP contribution in [0.1, 0.15) is 19.8 Å². The molecular formula is C20H18N2O4. The van der Waals surface area contributed by atoms with Crippen molar-refractivity contribution in [2.75, 3.05) is 6.61 Å². The standard InChI is InChI=1S/C20H18N2O4/c1-2-25-17-11-13(9-10-16(17)26-20(24)12-7-8-12)18-21-15-6-4-3-5-14(15)19(23)22-18/h3-6,9-12H,2,7-8H2,1H3,(H,21,22,23). The molecule has 1 saturated carbocycles. The molecule has 26 heavy (non-hydrogen) atoms. The molecule has 1 aliphatic rings. The minimum absolute atomic E-state index is 0.00247. The maximum atomic E-state index is 12.3. The Morgan fingerprint density at radius 1 is 1.19 bits per heavy atom. The fourth-order valence-corrected chi connectivity index (χ4v) is 2.74. The Bertz CT molecular complexity index is 1040. The zero-order valence-electron chi connectivity index (χ0n) is 14.3. The molecule has 0 radical (unpaired) electrons. The molecule has 6 nitrogen and oxygen atoms in total. The van der Waals surface area contributed by atoms with E-state index in [4.69, 9.17) is 9.47 Å². The van der Waals surface area contributed by atoms with Gasteiger partial charge in [0.25, 0.3) is 5.56 Å². The Morgan fingerprint density at radius 3 is 2.77 bits per heavy atom. The Balaban J connectivity index is 1.73. The van der Waals surface area contributed by atoms with Crippen LogP contribution in [0.3, 0.4) is 0 Å². The number of rotatable bonds is 5. The van der Waals surface area contributed by atoms with Crippen LogP contribution in [0.4, 0.5) is 0 Å². The molecule has 3 aromatic rings. The van der Waals surface area contributed by atoms with Crippen LogP contribution >= 0.6 is 0 Å². The Kier molecular flexibility index (Phi) is 4.16. The number of nitrogens with zero attached hydrogens (tertiary/aromatic N) is 1. The summed E-state index contributed by atoms with van der Waals surface area (Å²) >= 11 is 0. The molecule has 0 amide bonds. The highest BCUT2D eigenvalue weighted by Gasteiger charge is 2.32.